The van der Waals surface area contributed by atoms with Crippen molar-refractivity contribution in [2.75, 3.05) is 5.73 Å². The predicted molar refractivity (Wildman–Crippen MR) is 93.5 cm³/mol. The summed E-state index contributed by atoms with van der Waals surface area (Å²) >= 11 is 0. The quantitative estimate of drug-likeness (QED) is 0.773. The van der Waals surface area contributed by atoms with Gasteiger partial charge in [0.2, 0.25) is 0 Å². The van der Waals surface area contributed by atoms with Crippen molar-refractivity contribution in [1.29, 1.82) is 0 Å². The van der Waals surface area contributed by atoms with Crippen molar-refractivity contribution < 1.29 is 4.39 Å². The molecule has 3 aromatic rings. The van der Waals surface area contributed by atoms with Crippen molar-refractivity contribution >= 4 is 16.7 Å². The third-order valence-electron chi connectivity index (χ3n) is 4.21. The second-order valence-electron chi connectivity index (χ2n) is 6.53. The number of aromatic amines is 1. The van der Waals surface area contributed by atoms with Gasteiger partial charge in [0.25, 0.3) is 5.56 Å². The Morgan fingerprint density at radius 2 is 2.17 bits per heavy atom. The highest BCUT2D eigenvalue weighted by molar-refractivity contribution is 5.83. The van der Waals surface area contributed by atoms with Crippen LogP contribution in [0.5, 0.6) is 0 Å². The molecule has 5 nitrogen and oxygen atoms in total. The highest BCUT2D eigenvalue weighted by Crippen LogP contribution is 2.26. The van der Waals surface area contributed by atoms with E-state index in [9.17, 15) is 9.18 Å². The summed E-state index contributed by atoms with van der Waals surface area (Å²) in [5, 5.41) is 0. The molecule has 0 saturated carbocycles. The van der Waals surface area contributed by atoms with E-state index < -0.39 is 0 Å². The van der Waals surface area contributed by atoms with Gasteiger partial charge in [0.1, 0.15) is 5.82 Å². The fraction of sp³-hybridized carbons (Fsp3) is 0.333. The maximum absolute atomic E-state index is 14.2. The molecule has 0 atom stereocenters. The Labute approximate surface area is 139 Å². The number of fused-ring (bicyclic) bond motifs is 1. The lowest BCUT2D eigenvalue weighted by molar-refractivity contribution is 0.573. The minimum Gasteiger partial charge on any atom is -0.394 e. The molecule has 0 fully saturated rings. The van der Waals surface area contributed by atoms with Crippen LogP contribution in [0.15, 0.2) is 29.3 Å². The van der Waals surface area contributed by atoms with E-state index >= 15 is 0 Å². The Morgan fingerprint density at radius 3 is 2.88 bits per heavy atom. The molecule has 3 N–H and O–H groups in total. The van der Waals surface area contributed by atoms with Gasteiger partial charge in [-0.1, -0.05) is 13.8 Å². The summed E-state index contributed by atoms with van der Waals surface area (Å²) in [7, 11) is 0. The van der Waals surface area contributed by atoms with Crippen LogP contribution >= 0.6 is 0 Å². The van der Waals surface area contributed by atoms with Gasteiger partial charge in [-0.3, -0.25) is 9.78 Å². The fourth-order valence-electron chi connectivity index (χ4n) is 2.95. The standard InChI is InChI=1S/C18H21FN4O/c1-10(2)7-12-13(19)8-21-16-11(3)15(22-17(12)16)9-23-6-4-5-14(20)18(23)24/h4-6,8,10,22H,7,9,20H2,1-3H3. The molecule has 126 valence electrons. The first kappa shape index (κ1) is 16.2. The predicted octanol–water partition coefficient (Wildman–Crippen LogP) is 3.00. The zero-order valence-electron chi connectivity index (χ0n) is 14.1. The fourth-order valence-corrected chi connectivity index (χ4v) is 2.95. The molecule has 0 aliphatic carbocycles. The van der Waals surface area contributed by atoms with E-state index in [0.717, 1.165) is 16.8 Å². The smallest absolute Gasteiger partial charge is 0.274 e. The van der Waals surface area contributed by atoms with E-state index in [0.29, 0.717) is 30.0 Å². The van der Waals surface area contributed by atoms with Crippen molar-refractivity contribution in [1.82, 2.24) is 14.5 Å². The number of nitrogens with zero attached hydrogens (tertiary/aromatic N) is 2. The number of aryl methyl sites for hydroxylation is 1. The second kappa shape index (κ2) is 6.11. The number of hydrogen-bond acceptors (Lipinski definition) is 3. The van der Waals surface area contributed by atoms with Crippen LogP contribution in [0, 0.1) is 18.7 Å². The largest absolute Gasteiger partial charge is 0.394 e. The molecule has 6 heteroatoms. The molecule has 0 bridgehead atoms. The van der Waals surface area contributed by atoms with Crippen LogP contribution in [0.2, 0.25) is 0 Å². The summed E-state index contributed by atoms with van der Waals surface area (Å²) in [6, 6.07) is 3.31. The van der Waals surface area contributed by atoms with Crippen molar-refractivity contribution in [2.24, 2.45) is 5.92 Å². The van der Waals surface area contributed by atoms with Crippen LogP contribution in [0.25, 0.3) is 11.0 Å². The van der Waals surface area contributed by atoms with Gasteiger partial charge in [-0.15, -0.1) is 0 Å². The van der Waals surface area contributed by atoms with Gasteiger partial charge < -0.3 is 15.3 Å². The van der Waals surface area contributed by atoms with E-state index in [1.165, 1.54) is 10.8 Å². The van der Waals surface area contributed by atoms with Gasteiger partial charge in [0, 0.05) is 17.5 Å². The van der Waals surface area contributed by atoms with Crippen molar-refractivity contribution in [3.05, 3.63) is 57.5 Å². The van der Waals surface area contributed by atoms with Crippen molar-refractivity contribution in [3.8, 4) is 0 Å². The van der Waals surface area contributed by atoms with E-state index in [-0.39, 0.29) is 17.1 Å². The van der Waals surface area contributed by atoms with Crippen LogP contribution in [-0.2, 0) is 13.0 Å². The number of nitrogens with one attached hydrogen (secondary N) is 1. The van der Waals surface area contributed by atoms with Gasteiger partial charge in [-0.25, -0.2) is 4.39 Å². The highest BCUT2D eigenvalue weighted by Gasteiger charge is 2.17. The van der Waals surface area contributed by atoms with E-state index in [1.807, 2.05) is 6.92 Å². The topological polar surface area (TPSA) is 76.7 Å². The summed E-state index contributed by atoms with van der Waals surface area (Å²) in [4.78, 5) is 19.6. The van der Waals surface area contributed by atoms with Crippen molar-refractivity contribution in [3.63, 3.8) is 0 Å². The molecule has 3 rings (SSSR count). The number of hydrogen-bond donors (Lipinski definition) is 2. The number of nitrogens with two attached hydrogens (primary N) is 1. The number of aromatic nitrogens is 3. The molecule has 3 aromatic heterocycles. The summed E-state index contributed by atoms with van der Waals surface area (Å²) in [6.45, 7) is 6.37. The molecule has 0 radical (unpaired) electrons. The molecule has 24 heavy (non-hydrogen) atoms. The maximum Gasteiger partial charge on any atom is 0.274 e. The Morgan fingerprint density at radius 1 is 1.42 bits per heavy atom. The molecule has 0 unspecified atom stereocenters. The van der Waals surface area contributed by atoms with Gasteiger partial charge in [-0.05, 0) is 37.0 Å². The number of H-pyrrole nitrogens is 1. The van der Waals surface area contributed by atoms with Crippen LogP contribution < -0.4 is 11.3 Å². The third-order valence-corrected chi connectivity index (χ3v) is 4.21. The third kappa shape index (κ3) is 2.79. The number of rotatable bonds is 4. The maximum atomic E-state index is 14.2. The van der Waals surface area contributed by atoms with E-state index in [4.69, 9.17) is 5.73 Å². The number of pyridine rings is 2. The average molecular weight is 328 g/mol. The van der Waals surface area contributed by atoms with Crippen LogP contribution in [-0.4, -0.2) is 14.5 Å². The van der Waals surface area contributed by atoms with Gasteiger partial charge in [-0.2, -0.15) is 0 Å². The Balaban J connectivity index is 2.11. The van der Waals surface area contributed by atoms with Gasteiger partial charge in [0.05, 0.1) is 29.5 Å². The SMILES string of the molecule is Cc1c(Cn2cccc(N)c2=O)[nH]c2c(CC(C)C)c(F)cnc12. The average Bonchev–Trinajstić information content (AvgIpc) is 2.83. The first-order valence-corrected chi connectivity index (χ1v) is 7.98. The second-order valence-corrected chi connectivity index (χ2v) is 6.53. The van der Waals surface area contributed by atoms with Crippen LogP contribution in [0.4, 0.5) is 10.1 Å². The Kier molecular flexibility index (Phi) is 4.13. The first-order chi connectivity index (χ1) is 11.4. The number of nitrogen functional groups attached to an aromatic ring is 1. The molecular weight excluding hydrogens is 307 g/mol. The molecule has 0 amide bonds. The van der Waals surface area contributed by atoms with Crippen LogP contribution in [0.1, 0.15) is 30.7 Å². The molecule has 0 aliphatic rings. The van der Waals surface area contributed by atoms with Gasteiger partial charge in [0.15, 0.2) is 0 Å². The lowest BCUT2D eigenvalue weighted by Crippen LogP contribution is -2.22. The molecule has 0 aliphatic heterocycles. The number of halogens is 1. The molecule has 0 aromatic carbocycles. The number of anilines is 1. The van der Waals surface area contributed by atoms with Crippen LogP contribution in [0.3, 0.4) is 0 Å². The minimum atomic E-state index is -0.301. The Hall–Kier alpha value is -2.63. The zero-order valence-corrected chi connectivity index (χ0v) is 14.1. The minimum absolute atomic E-state index is 0.205. The monoisotopic (exact) mass is 328 g/mol. The summed E-state index contributed by atoms with van der Waals surface area (Å²) in [5.74, 6) is 0.0267. The normalized spacial score (nSPS) is 11.5. The summed E-state index contributed by atoms with van der Waals surface area (Å²) < 4.78 is 15.7. The lowest BCUT2D eigenvalue weighted by atomic mass is 10.0. The lowest BCUT2D eigenvalue weighted by Gasteiger charge is -2.07. The highest BCUT2D eigenvalue weighted by atomic mass is 19.1. The Bertz CT molecular complexity index is 956. The van der Waals surface area contributed by atoms with Crippen molar-refractivity contribution in [2.45, 2.75) is 33.7 Å². The molecule has 0 spiro atoms. The summed E-state index contributed by atoms with van der Waals surface area (Å²) in [5.41, 5.74) is 9.51. The van der Waals surface area contributed by atoms with Gasteiger partial charge >= 0.3 is 0 Å². The first-order valence-electron chi connectivity index (χ1n) is 7.98. The van der Waals surface area contributed by atoms with E-state index in [1.54, 1.807) is 18.3 Å². The zero-order chi connectivity index (χ0) is 17.4. The van der Waals surface area contributed by atoms with E-state index in [2.05, 4.69) is 23.8 Å². The molecular formula is C18H21FN4O. The molecule has 0 saturated heterocycles. The summed E-state index contributed by atoms with van der Waals surface area (Å²) in [6.07, 6.45) is 3.59. The molecule has 3 heterocycles.